The molecule has 1 heterocycles. The van der Waals surface area contributed by atoms with Crippen LogP contribution in [0.25, 0.3) is 0 Å². The van der Waals surface area contributed by atoms with E-state index in [1.807, 2.05) is 0 Å². The summed E-state index contributed by atoms with van der Waals surface area (Å²) in [5.74, 6) is 0. The zero-order chi connectivity index (χ0) is 7.56. The topological polar surface area (TPSA) is 55.1 Å². The molecule has 0 aromatic carbocycles. The highest BCUT2D eigenvalue weighted by molar-refractivity contribution is 5.03. The van der Waals surface area contributed by atoms with Crippen LogP contribution in [0.1, 0.15) is 5.56 Å². The molecule has 0 aliphatic heterocycles. The summed E-state index contributed by atoms with van der Waals surface area (Å²) in [6.45, 7) is -0.136. The van der Waals surface area contributed by atoms with Gasteiger partial charge in [0.05, 0.1) is 12.8 Å². The van der Waals surface area contributed by atoms with Crippen molar-refractivity contribution in [1.29, 1.82) is 0 Å². The predicted molar refractivity (Wildman–Crippen MR) is 35.4 cm³/mol. The van der Waals surface area contributed by atoms with E-state index in [0.717, 1.165) is 0 Å². The van der Waals surface area contributed by atoms with Gasteiger partial charge >= 0.3 is 0 Å². The van der Waals surface area contributed by atoms with Gasteiger partial charge in [0.15, 0.2) is 0 Å². The Bertz CT molecular complexity index is 279. The third-order valence-corrected chi connectivity index (χ3v) is 1.21. The minimum Gasteiger partial charge on any atom is -0.392 e. The maximum atomic E-state index is 10.8. The Morgan fingerprint density at radius 1 is 1.80 bits per heavy atom. The van der Waals surface area contributed by atoms with Crippen molar-refractivity contribution < 1.29 is 5.11 Å². The molecule has 0 unspecified atom stereocenters. The zero-order valence-corrected chi connectivity index (χ0v) is 5.61. The van der Waals surface area contributed by atoms with Crippen LogP contribution in [0.5, 0.6) is 0 Å². The minimum atomic E-state index is -0.202. The van der Waals surface area contributed by atoms with Gasteiger partial charge in [0.2, 0.25) is 0 Å². The van der Waals surface area contributed by atoms with Crippen molar-refractivity contribution in [1.82, 2.24) is 9.78 Å². The number of nitrogens with zero attached hydrogens (tertiary/aromatic N) is 2. The molecule has 0 radical (unpaired) electrons. The molecule has 4 nitrogen and oxygen atoms in total. The van der Waals surface area contributed by atoms with Crippen LogP contribution >= 0.6 is 0 Å². The molecule has 0 spiro atoms. The van der Waals surface area contributed by atoms with E-state index in [-0.39, 0.29) is 12.2 Å². The van der Waals surface area contributed by atoms with Gasteiger partial charge in [-0.1, -0.05) is 0 Å². The van der Waals surface area contributed by atoms with Gasteiger partial charge in [-0.05, 0) is 0 Å². The van der Waals surface area contributed by atoms with Crippen LogP contribution in [-0.2, 0) is 13.7 Å². The van der Waals surface area contributed by atoms with Crippen LogP contribution in [0.2, 0.25) is 0 Å². The van der Waals surface area contributed by atoms with Gasteiger partial charge in [0.25, 0.3) is 5.56 Å². The third kappa shape index (κ3) is 1.22. The molecule has 1 N–H and O–H groups in total. The van der Waals surface area contributed by atoms with Crippen molar-refractivity contribution in [2.24, 2.45) is 7.05 Å². The van der Waals surface area contributed by atoms with Gasteiger partial charge in [0, 0.05) is 18.7 Å². The van der Waals surface area contributed by atoms with Crippen molar-refractivity contribution in [3.63, 3.8) is 0 Å². The second kappa shape index (κ2) is 2.62. The number of aromatic nitrogens is 2. The molecular weight excluding hydrogens is 132 g/mol. The average Bonchev–Trinajstić information content (AvgIpc) is 1.95. The lowest BCUT2D eigenvalue weighted by Crippen LogP contribution is -2.18. The molecule has 0 fully saturated rings. The summed E-state index contributed by atoms with van der Waals surface area (Å²) < 4.78 is 1.21. The van der Waals surface area contributed by atoms with E-state index < -0.39 is 0 Å². The van der Waals surface area contributed by atoms with Crippen LogP contribution in [0.3, 0.4) is 0 Å². The smallest absolute Gasteiger partial charge is 0.266 e. The predicted octanol–water partition coefficient (Wildman–Crippen LogP) is -0.727. The number of aliphatic hydroxyl groups excluding tert-OH is 1. The number of hydrogen-bond acceptors (Lipinski definition) is 3. The second-order valence-corrected chi connectivity index (χ2v) is 1.98. The molecule has 0 atom stereocenters. The lowest BCUT2D eigenvalue weighted by molar-refractivity contribution is 0.280. The Labute approximate surface area is 57.7 Å². The maximum Gasteiger partial charge on any atom is 0.266 e. The third-order valence-electron chi connectivity index (χ3n) is 1.21. The minimum absolute atomic E-state index is 0.136. The van der Waals surface area contributed by atoms with Crippen molar-refractivity contribution in [3.8, 4) is 0 Å². The Kier molecular flexibility index (Phi) is 1.82. The molecule has 0 amide bonds. The second-order valence-electron chi connectivity index (χ2n) is 1.98. The SMILES string of the molecule is Cn1ncc(CO)cc1=O. The average molecular weight is 140 g/mol. The van der Waals surface area contributed by atoms with Crippen molar-refractivity contribution in [3.05, 3.63) is 28.2 Å². The Balaban J connectivity index is 3.17. The Morgan fingerprint density at radius 3 is 3.00 bits per heavy atom. The van der Waals surface area contributed by atoms with Gasteiger partial charge in [-0.25, -0.2) is 4.68 Å². The van der Waals surface area contributed by atoms with E-state index in [1.165, 1.54) is 16.9 Å². The molecule has 4 heteroatoms. The molecule has 10 heavy (non-hydrogen) atoms. The van der Waals surface area contributed by atoms with Gasteiger partial charge in [-0.2, -0.15) is 5.10 Å². The number of aryl methyl sites for hydroxylation is 1. The summed E-state index contributed by atoms with van der Waals surface area (Å²) in [7, 11) is 1.56. The zero-order valence-electron chi connectivity index (χ0n) is 5.61. The first kappa shape index (κ1) is 6.95. The van der Waals surface area contributed by atoms with Crippen LogP contribution in [0.15, 0.2) is 17.1 Å². The molecule has 0 aliphatic carbocycles. The summed E-state index contributed by atoms with van der Waals surface area (Å²) in [5, 5.41) is 12.3. The van der Waals surface area contributed by atoms with Crippen LogP contribution in [0.4, 0.5) is 0 Å². The van der Waals surface area contributed by atoms with Gasteiger partial charge < -0.3 is 5.11 Å². The lowest BCUT2D eigenvalue weighted by Gasteiger charge is -1.95. The highest BCUT2D eigenvalue weighted by atomic mass is 16.3. The van der Waals surface area contributed by atoms with Crippen LogP contribution in [-0.4, -0.2) is 14.9 Å². The first-order valence-electron chi connectivity index (χ1n) is 2.87. The number of aliphatic hydroxyl groups is 1. The van der Waals surface area contributed by atoms with Crippen LogP contribution in [0, 0.1) is 0 Å². The molecular formula is C6H8N2O2. The molecule has 1 aromatic heterocycles. The Morgan fingerprint density at radius 2 is 2.50 bits per heavy atom. The Hall–Kier alpha value is -1.16. The standard InChI is InChI=1S/C6H8N2O2/c1-8-6(10)2-5(4-9)3-7-8/h2-3,9H,4H2,1H3. The fourth-order valence-corrected chi connectivity index (χ4v) is 0.593. The van der Waals surface area contributed by atoms with E-state index in [1.54, 1.807) is 7.05 Å². The summed E-state index contributed by atoms with van der Waals surface area (Å²) in [6, 6.07) is 1.35. The summed E-state index contributed by atoms with van der Waals surface area (Å²) >= 11 is 0. The monoisotopic (exact) mass is 140 g/mol. The molecule has 0 saturated heterocycles. The summed E-state index contributed by atoms with van der Waals surface area (Å²) in [4.78, 5) is 10.8. The summed E-state index contributed by atoms with van der Waals surface area (Å²) in [5.41, 5.74) is 0.342. The highest BCUT2D eigenvalue weighted by Crippen LogP contribution is 1.88. The van der Waals surface area contributed by atoms with E-state index in [2.05, 4.69) is 5.10 Å². The molecule has 0 saturated carbocycles. The maximum absolute atomic E-state index is 10.8. The largest absolute Gasteiger partial charge is 0.392 e. The fourth-order valence-electron chi connectivity index (χ4n) is 0.593. The quantitative estimate of drug-likeness (QED) is 0.559. The molecule has 1 aromatic rings. The van der Waals surface area contributed by atoms with E-state index >= 15 is 0 Å². The van der Waals surface area contributed by atoms with Gasteiger partial charge in [-0.15, -0.1) is 0 Å². The summed E-state index contributed by atoms with van der Waals surface area (Å²) in [6.07, 6.45) is 1.46. The van der Waals surface area contributed by atoms with Crippen molar-refractivity contribution >= 4 is 0 Å². The van der Waals surface area contributed by atoms with E-state index in [4.69, 9.17) is 5.11 Å². The lowest BCUT2D eigenvalue weighted by atomic mass is 10.3. The van der Waals surface area contributed by atoms with E-state index in [0.29, 0.717) is 5.56 Å². The highest BCUT2D eigenvalue weighted by Gasteiger charge is 1.92. The molecule has 54 valence electrons. The number of hydrogen-bond donors (Lipinski definition) is 1. The fraction of sp³-hybridized carbons (Fsp3) is 0.333. The number of rotatable bonds is 1. The van der Waals surface area contributed by atoms with Gasteiger partial charge in [0.1, 0.15) is 0 Å². The molecule has 0 aliphatic rings. The van der Waals surface area contributed by atoms with Crippen molar-refractivity contribution in [2.45, 2.75) is 6.61 Å². The van der Waals surface area contributed by atoms with Gasteiger partial charge in [-0.3, -0.25) is 4.79 Å². The first-order chi connectivity index (χ1) is 4.74. The molecule has 1 rings (SSSR count). The normalized spacial score (nSPS) is 9.80. The van der Waals surface area contributed by atoms with Crippen LogP contribution < -0.4 is 5.56 Å². The van der Waals surface area contributed by atoms with E-state index in [9.17, 15) is 4.79 Å². The van der Waals surface area contributed by atoms with Crippen molar-refractivity contribution in [2.75, 3.05) is 0 Å². The molecule has 0 bridgehead atoms. The first-order valence-corrected chi connectivity index (χ1v) is 2.87.